The maximum absolute atomic E-state index is 12.8. The van der Waals surface area contributed by atoms with E-state index in [-0.39, 0.29) is 16.6 Å². The lowest BCUT2D eigenvalue weighted by molar-refractivity contribution is -0.113. The number of nitrogens with one attached hydrogen (secondary N) is 1. The number of benzene rings is 2. The van der Waals surface area contributed by atoms with Crippen LogP contribution in [0.2, 0.25) is 0 Å². The molecule has 2 aromatic rings. The Balaban J connectivity index is 1.66. The van der Waals surface area contributed by atoms with Crippen LogP contribution in [0, 0.1) is 13.8 Å². The minimum Gasteiger partial charge on any atom is -0.495 e. The molecule has 0 spiro atoms. The van der Waals surface area contributed by atoms with Gasteiger partial charge < -0.3 is 10.1 Å². The number of hydrogen-bond donors (Lipinski definition) is 1. The number of carbonyl (C=O) groups is 1. The Hall–Kier alpha value is -2.03. The highest BCUT2D eigenvalue weighted by Crippen LogP contribution is 2.30. The Kier molecular flexibility index (Phi) is 7.44. The third-order valence-electron chi connectivity index (χ3n) is 4.93. The standard InChI is InChI=1S/C22H28N2O4S2/c1-16-10-17(2)12-18(11-16)14-29-15-22(25)23-20-13-19(6-7-21(20)28-3)30(26,27)24-8-4-5-9-24/h6-7,10-13H,4-5,8-9,14-15H2,1-3H3,(H,23,25). The van der Waals surface area contributed by atoms with Gasteiger partial charge in [0.15, 0.2) is 0 Å². The second-order valence-corrected chi connectivity index (χ2v) is 10.4. The average molecular weight is 449 g/mol. The van der Waals surface area contributed by atoms with Gasteiger partial charge in [-0.15, -0.1) is 11.8 Å². The summed E-state index contributed by atoms with van der Waals surface area (Å²) in [7, 11) is -2.07. The van der Waals surface area contributed by atoms with Crippen LogP contribution in [0.25, 0.3) is 0 Å². The normalized spacial score (nSPS) is 14.6. The van der Waals surface area contributed by atoms with E-state index >= 15 is 0 Å². The first-order chi connectivity index (χ1) is 14.3. The van der Waals surface area contributed by atoms with Gasteiger partial charge in [-0.25, -0.2) is 8.42 Å². The van der Waals surface area contributed by atoms with E-state index in [1.54, 1.807) is 6.07 Å². The van der Waals surface area contributed by atoms with Crippen molar-refractivity contribution in [2.24, 2.45) is 0 Å². The van der Waals surface area contributed by atoms with Gasteiger partial charge in [-0.1, -0.05) is 29.3 Å². The van der Waals surface area contributed by atoms with E-state index in [9.17, 15) is 13.2 Å². The third-order valence-corrected chi connectivity index (χ3v) is 7.83. The van der Waals surface area contributed by atoms with E-state index in [0.717, 1.165) is 18.6 Å². The van der Waals surface area contributed by atoms with Gasteiger partial charge in [0.2, 0.25) is 15.9 Å². The van der Waals surface area contributed by atoms with Crippen LogP contribution in [-0.4, -0.2) is 44.6 Å². The zero-order valence-electron chi connectivity index (χ0n) is 17.6. The van der Waals surface area contributed by atoms with Gasteiger partial charge >= 0.3 is 0 Å². The van der Waals surface area contributed by atoms with Crippen LogP contribution in [0.4, 0.5) is 5.69 Å². The lowest BCUT2D eigenvalue weighted by Gasteiger charge is -2.17. The molecule has 0 radical (unpaired) electrons. The molecule has 0 aliphatic carbocycles. The number of hydrogen-bond acceptors (Lipinski definition) is 5. The minimum atomic E-state index is -3.56. The molecule has 0 atom stereocenters. The fourth-order valence-electron chi connectivity index (χ4n) is 3.62. The molecule has 2 aromatic carbocycles. The predicted octanol–water partition coefficient (Wildman–Crippen LogP) is 3.97. The molecule has 0 aromatic heterocycles. The van der Waals surface area contributed by atoms with E-state index in [1.165, 1.54) is 52.0 Å². The summed E-state index contributed by atoms with van der Waals surface area (Å²) in [6, 6.07) is 11.0. The van der Waals surface area contributed by atoms with Gasteiger partial charge in [-0.2, -0.15) is 4.31 Å². The smallest absolute Gasteiger partial charge is 0.243 e. The zero-order chi connectivity index (χ0) is 21.7. The van der Waals surface area contributed by atoms with Crippen molar-refractivity contribution in [3.05, 3.63) is 53.1 Å². The number of ether oxygens (including phenoxy) is 1. The molecule has 0 unspecified atom stereocenters. The fourth-order valence-corrected chi connectivity index (χ4v) is 5.93. The first kappa shape index (κ1) is 22.7. The molecule has 6 nitrogen and oxygen atoms in total. The van der Waals surface area contributed by atoms with E-state index in [2.05, 4.69) is 37.4 Å². The molecule has 1 saturated heterocycles. The lowest BCUT2D eigenvalue weighted by atomic mass is 10.1. The van der Waals surface area contributed by atoms with Crippen molar-refractivity contribution < 1.29 is 17.9 Å². The van der Waals surface area contributed by atoms with Gasteiger partial charge in [0, 0.05) is 18.8 Å². The van der Waals surface area contributed by atoms with Crippen molar-refractivity contribution in [3.8, 4) is 5.75 Å². The fraction of sp³-hybridized carbons (Fsp3) is 0.409. The molecule has 1 aliphatic heterocycles. The number of thioether (sulfide) groups is 1. The largest absolute Gasteiger partial charge is 0.495 e. The zero-order valence-corrected chi connectivity index (χ0v) is 19.2. The molecule has 0 bridgehead atoms. The third kappa shape index (κ3) is 5.56. The Morgan fingerprint density at radius 2 is 1.77 bits per heavy atom. The Morgan fingerprint density at radius 1 is 1.10 bits per heavy atom. The number of methoxy groups -OCH3 is 1. The molecule has 0 saturated carbocycles. The van der Waals surface area contributed by atoms with Gasteiger partial charge in [0.1, 0.15) is 5.75 Å². The van der Waals surface area contributed by atoms with E-state index in [0.29, 0.717) is 24.5 Å². The number of anilines is 1. The molecule has 162 valence electrons. The van der Waals surface area contributed by atoms with Crippen molar-refractivity contribution in [2.45, 2.75) is 37.3 Å². The second kappa shape index (κ2) is 9.85. The van der Waals surface area contributed by atoms with E-state index in [4.69, 9.17) is 4.74 Å². The molecule has 1 amide bonds. The molecule has 1 heterocycles. The van der Waals surface area contributed by atoms with Gasteiger partial charge in [-0.05, 0) is 50.5 Å². The summed E-state index contributed by atoms with van der Waals surface area (Å²) in [5.74, 6) is 1.23. The highest BCUT2D eigenvalue weighted by Gasteiger charge is 2.28. The number of rotatable bonds is 8. The first-order valence-electron chi connectivity index (χ1n) is 9.92. The molecule has 1 aliphatic rings. The summed E-state index contributed by atoms with van der Waals surface area (Å²) in [6.07, 6.45) is 1.74. The molecular weight excluding hydrogens is 420 g/mol. The molecule has 1 N–H and O–H groups in total. The summed E-state index contributed by atoms with van der Waals surface area (Å²) in [5.41, 5.74) is 3.96. The second-order valence-electron chi connectivity index (χ2n) is 7.51. The van der Waals surface area contributed by atoms with Crippen molar-refractivity contribution in [1.29, 1.82) is 0 Å². The Bertz CT molecular complexity index is 996. The maximum atomic E-state index is 12.8. The highest BCUT2D eigenvalue weighted by molar-refractivity contribution is 7.99. The first-order valence-corrected chi connectivity index (χ1v) is 12.5. The summed E-state index contributed by atoms with van der Waals surface area (Å²) in [4.78, 5) is 12.6. The van der Waals surface area contributed by atoms with Crippen LogP contribution < -0.4 is 10.1 Å². The molecule has 8 heteroatoms. The molecule has 30 heavy (non-hydrogen) atoms. The lowest BCUT2D eigenvalue weighted by Crippen LogP contribution is -2.28. The number of amides is 1. The maximum Gasteiger partial charge on any atom is 0.243 e. The van der Waals surface area contributed by atoms with Gasteiger partial charge in [-0.3, -0.25) is 4.79 Å². The molecule has 1 fully saturated rings. The number of carbonyl (C=O) groups excluding carboxylic acids is 1. The Labute approximate surface area is 183 Å². The van der Waals surface area contributed by atoms with Gasteiger partial charge in [0.25, 0.3) is 0 Å². The monoisotopic (exact) mass is 448 g/mol. The summed E-state index contributed by atoms with van der Waals surface area (Å²) < 4.78 is 32.4. The van der Waals surface area contributed by atoms with Crippen LogP contribution in [0.1, 0.15) is 29.5 Å². The van der Waals surface area contributed by atoms with Crippen molar-refractivity contribution >= 4 is 33.4 Å². The summed E-state index contributed by atoms with van der Waals surface area (Å²) >= 11 is 1.52. The SMILES string of the molecule is COc1ccc(S(=O)(=O)N2CCCC2)cc1NC(=O)CSCc1cc(C)cc(C)c1. The average Bonchev–Trinajstić information content (AvgIpc) is 3.23. The predicted molar refractivity (Wildman–Crippen MR) is 122 cm³/mol. The summed E-state index contributed by atoms with van der Waals surface area (Å²) in [6.45, 7) is 5.18. The topological polar surface area (TPSA) is 75.7 Å². The number of sulfonamides is 1. The van der Waals surface area contributed by atoms with Crippen LogP contribution in [0.15, 0.2) is 41.3 Å². The Morgan fingerprint density at radius 3 is 2.40 bits per heavy atom. The number of nitrogens with zero attached hydrogens (tertiary/aromatic N) is 1. The highest BCUT2D eigenvalue weighted by atomic mass is 32.2. The van der Waals surface area contributed by atoms with Crippen LogP contribution in [0.5, 0.6) is 5.75 Å². The van der Waals surface area contributed by atoms with Crippen LogP contribution >= 0.6 is 11.8 Å². The summed E-state index contributed by atoms with van der Waals surface area (Å²) in [5, 5.41) is 2.81. The van der Waals surface area contributed by atoms with Crippen molar-refractivity contribution in [2.75, 3.05) is 31.3 Å². The number of aryl methyl sites for hydroxylation is 2. The van der Waals surface area contributed by atoms with E-state index < -0.39 is 10.0 Å². The molecule has 3 rings (SSSR count). The minimum absolute atomic E-state index is 0.170. The van der Waals surface area contributed by atoms with Crippen molar-refractivity contribution in [1.82, 2.24) is 4.31 Å². The molecular formula is C22H28N2O4S2. The van der Waals surface area contributed by atoms with Crippen molar-refractivity contribution in [3.63, 3.8) is 0 Å². The van der Waals surface area contributed by atoms with Crippen LogP contribution in [0.3, 0.4) is 0 Å². The quantitative estimate of drug-likeness (QED) is 0.661. The van der Waals surface area contributed by atoms with Crippen LogP contribution in [-0.2, 0) is 20.6 Å². The van der Waals surface area contributed by atoms with Gasteiger partial charge in [0.05, 0.1) is 23.4 Å². The van der Waals surface area contributed by atoms with E-state index in [1.807, 2.05) is 0 Å².